The second kappa shape index (κ2) is 8.82. The summed E-state index contributed by atoms with van der Waals surface area (Å²) >= 11 is 1.40. The lowest BCUT2D eigenvalue weighted by molar-refractivity contribution is 0.123. The highest BCUT2D eigenvalue weighted by Gasteiger charge is 2.15. The molecule has 26 heavy (non-hydrogen) atoms. The van der Waals surface area contributed by atoms with Gasteiger partial charge < -0.3 is 14.4 Å². The molecule has 0 radical (unpaired) electrons. The van der Waals surface area contributed by atoms with Gasteiger partial charge in [0.25, 0.3) is 0 Å². The van der Waals surface area contributed by atoms with Crippen LogP contribution in [0.5, 0.6) is 5.75 Å². The third-order valence-corrected chi connectivity index (χ3v) is 4.85. The molecule has 5 nitrogen and oxygen atoms in total. The van der Waals surface area contributed by atoms with E-state index >= 15 is 0 Å². The fourth-order valence-corrected chi connectivity index (χ4v) is 3.36. The lowest BCUT2D eigenvalue weighted by atomic mass is 10.2. The fourth-order valence-electron chi connectivity index (χ4n) is 2.45. The maximum absolute atomic E-state index is 13.5. The van der Waals surface area contributed by atoms with Crippen molar-refractivity contribution in [2.45, 2.75) is 24.7 Å². The van der Waals surface area contributed by atoms with E-state index in [9.17, 15) is 9.50 Å². The van der Waals surface area contributed by atoms with Crippen molar-refractivity contribution >= 4 is 11.8 Å². The zero-order chi connectivity index (χ0) is 18.4. The van der Waals surface area contributed by atoms with E-state index < -0.39 is 11.9 Å². The fraction of sp³-hybridized carbons (Fsp3) is 0.263. The van der Waals surface area contributed by atoms with E-state index in [4.69, 9.17) is 4.74 Å². The van der Waals surface area contributed by atoms with Gasteiger partial charge in [0.1, 0.15) is 6.61 Å². The molecule has 1 N–H and O–H groups in total. The first-order valence-electron chi connectivity index (χ1n) is 8.36. The van der Waals surface area contributed by atoms with E-state index in [0.717, 1.165) is 23.1 Å². The van der Waals surface area contributed by atoms with Gasteiger partial charge in [-0.05, 0) is 19.1 Å². The van der Waals surface area contributed by atoms with Gasteiger partial charge in [0, 0.05) is 17.9 Å². The predicted molar refractivity (Wildman–Crippen MR) is 99.8 cm³/mol. The number of aromatic nitrogens is 3. The van der Waals surface area contributed by atoms with E-state index in [2.05, 4.69) is 10.2 Å². The molecule has 7 heteroatoms. The number of hydrogen-bond donors (Lipinski definition) is 1. The van der Waals surface area contributed by atoms with E-state index in [1.165, 1.54) is 23.9 Å². The van der Waals surface area contributed by atoms with Crippen molar-refractivity contribution in [3.05, 3.63) is 60.4 Å². The Morgan fingerprint density at radius 2 is 1.85 bits per heavy atom. The Hall–Kier alpha value is -2.38. The first kappa shape index (κ1) is 18.4. The summed E-state index contributed by atoms with van der Waals surface area (Å²) in [6.45, 7) is 2.76. The second-order valence-corrected chi connectivity index (χ2v) is 6.61. The summed E-state index contributed by atoms with van der Waals surface area (Å²) in [6.07, 6.45) is -0.748. The molecule has 0 amide bonds. The van der Waals surface area contributed by atoms with Crippen molar-refractivity contribution in [2.75, 3.05) is 12.4 Å². The summed E-state index contributed by atoms with van der Waals surface area (Å²) in [5.74, 6) is 0.874. The summed E-state index contributed by atoms with van der Waals surface area (Å²) < 4.78 is 20.9. The van der Waals surface area contributed by atoms with Gasteiger partial charge in [-0.25, -0.2) is 4.39 Å². The minimum Gasteiger partial charge on any atom is -0.488 e. The summed E-state index contributed by atoms with van der Waals surface area (Å²) in [6, 6.07) is 16.0. The molecule has 0 bridgehead atoms. The van der Waals surface area contributed by atoms with Crippen LogP contribution in [0.1, 0.15) is 6.92 Å². The Kier molecular flexibility index (Phi) is 6.25. The van der Waals surface area contributed by atoms with Crippen molar-refractivity contribution in [2.24, 2.45) is 0 Å². The molecule has 3 rings (SSSR count). The van der Waals surface area contributed by atoms with Crippen molar-refractivity contribution in [1.82, 2.24) is 14.8 Å². The molecule has 136 valence electrons. The standard InChI is InChI=1S/C19H20FN3O2S/c1-2-23-18(14-8-4-3-5-9-14)21-22-19(23)26-13-15(24)12-25-17-11-7-6-10-16(17)20/h3-11,15,24H,2,12-13H2,1H3/t15-/m0/s1. The van der Waals surface area contributed by atoms with Crippen LogP contribution in [-0.4, -0.2) is 38.3 Å². The van der Waals surface area contributed by atoms with E-state index in [1.807, 2.05) is 41.8 Å². The Bertz CT molecular complexity index is 842. The number of benzene rings is 2. The first-order chi connectivity index (χ1) is 12.7. The highest BCUT2D eigenvalue weighted by atomic mass is 32.2. The number of aliphatic hydroxyl groups excluding tert-OH is 1. The number of aliphatic hydroxyl groups is 1. The normalized spacial score (nSPS) is 12.1. The number of hydrogen-bond acceptors (Lipinski definition) is 5. The third kappa shape index (κ3) is 4.42. The van der Waals surface area contributed by atoms with Gasteiger partial charge in [-0.2, -0.15) is 0 Å². The Labute approximate surface area is 155 Å². The molecule has 0 aliphatic carbocycles. The zero-order valence-electron chi connectivity index (χ0n) is 14.4. The highest BCUT2D eigenvalue weighted by molar-refractivity contribution is 7.99. The lowest BCUT2D eigenvalue weighted by Crippen LogP contribution is -2.20. The van der Waals surface area contributed by atoms with Crippen molar-refractivity contribution in [3.8, 4) is 17.1 Å². The molecule has 0 saturated heterocycles. The number of halogens is 1. The molecule has 3 aromatic rings. The third-order valence-electron chi connectivity index (χ3n) is 3.74. The molecule has 0 fully saturated rings. The molecule has 2 aromatic carbocycles. The molecule has 0 aliphatic rings. The van der Waals surface area contributed by atoms with Crippen molar-refractivity contribution in [3.63, 3.8) is 0 Å². The number of ether oxygens (including phenoxy) is 1. The molecule has 0 aliphatic heterocycles. The Morgan fingerprint density at radius 3 is 2.58 bits per heavy atom. The first-order valence-corrected chi connectivity index (χ1v) is 9.34. The smallest absolute Gasteiger partial charge is 0.191 e. The quantitative estimate of drug-likeness (QED) is 0.611. The van der Waals surface area contributed by atoms with Crippen LogP contribution in [0.25, 0.3) is 11.4 Å². The molecule has 0 unspecified atom stereocenters. The number of rotatable bonds is 8. The van der Waals surface area contributed by atoms with E-state index in [-0.39, 0.29) is 12.4 Å². The summed E-state index contributed by atoms with van der Waals surface area (Å²) in [4.78, 5) is 0. The summed E-state index contributed by atoms with van der Waals surface area (Å²) in [5.41, 5.74) is 0.997. The van der Waals surface area contributed by atoms with E-state index in [1.54, 1.807) is 12.1 Å². The average molecular weight is 373 g/mol. The van der Waals surface area contributed by atoms with Crippen LogP contribution in [0.4, 0.5) is 4.39 Å². The zero-order valence-corrected chi connectivity index (χ0v) is 15.2. The topological polar surface area (TPSA) is 60.2 Å². The van der Waals surface area contributed by atoms with Gasteiger partial charge in [-0.3, -0.25) is 0 Å². The monoisotopic (exact) mass is 373 g/mol. The van der Waals surface area contributed by atoms with Gasteiger partial charge in [0.15, 0.2) is 22.5 Å². The van der Waals surface area contributed by atoms with Crippen LogP contribution < -0.4 is 4.74 Å². The molecule has 1 atom stereocenters. The summed E-state index contributed by atoms with van der Waals surface area (Å²) in [5, 5.41) is 19.4. The predicted octanol–water partition coefficient (Wildman–Crippen LogP) is 3.64. The average Bonchev–Trinajstić information content (AvgIpc) is 3.09. The number of para-hydroxylation sites is 1. The SMILES string of the molecule is CCn1c(SC[C@@H](O)COc2ccccc2F)nnc1-c1ccccc1. The van der Waals surface area contributed by atoms with Crippen LogP contribution in [0, 0.1) is 5.82 Å². The second-order valence-electron chi connectivity index (χ2n) is 5.62. The highest BCUT2D eigenvalue weighted by Crippen LogP contribution is 2.24. The molecule has 1 heterocycles. The number of thioether (sulfide) groups is 1. The van der Waals surface area contributed by atoms with Crippen LogP contribution in [0.3, 0.4) is 0 Å². The molecular formula is C19H20FN3O2S. The Morgan fingerprint density at radius 1 is 1.12 bits per heavy atom. The minimum atomic E-state index is -0.748. The van der Waals surface area contributed by atoms with Gasteiger partial charge in [-0.1, -0.05) is 54.2 Å². The van der Waals surface area contributed by atoms with Gasteiger partial charge in [0.05, 0.1) is 6.10 Å². The number of nitrogens with zero attached hydrogens (tertiary/aromatic N) is 3. The Balaban J connectivity index is 1.59. The van der Waals surface area contributed by atoms with Crippen LogP contribution in [-0.2, 0) is 6.54 Å². The lowest BCUT2D eigenvalue weighted by Gasteiger charge is -2.13. The van der Waals surface area contributed by atoms with Gasteiger partial charge in [-0.15, -0.1) is 10.2 Å². The van der Waals surface area contributed by atoms with Gasteiger partial charge in [0.2, 0.25) is 0 Å². The van der Waals surface area contributed by atoms with Crippen LogP contribution >= 0.6 is 11.8 Å². The van der Waals surface area contributed by atoms with Crippen LogP contribution in [0.15, 0.2) is 59.8 Å². The molecule has 1 aromatic heterocycles. The van der Waals surface area contributed by atoms with Gasteiger partial charge >= 0.3 is 0 Å². The maximum atomic E-state index is 13.5. The maximum Gasteiger partial charge on any atom is 0.191 e. The van der Waals surface area contributed by atoms with Crippen LogP contribution in [0.2, 0.25) is 0 Å². The molecule has 0 saturated carbocycles. The van der Waals surface area contributed by atoms with Crippen molar-refractivity contribution in [1.29, 1.82) is 0 Å². The largest absolute Gasteiger partial charge is 0.488 e. The van der Waals surface area contributed by atoms with E-state index in [0.29, 0.717) is 5.75 Å². The summed E-state index contributed by atoms with van der Waals surface area (Å²) in [7, 11) is 0. The minimum absolute atomic E-state index is 0.0136. The molecule has 0 spiro atoms. The van der Waals surface area contributed by atoms with Crippen molar-refractivity contribution < 1.29 is 14.2 Å². The molecular weight excluding hydrogens is 353 g/mol.